The van der Waals surface area contributed by atoms with Gasteiger partial charge in [-0.3, -0.25) is 0 Å². The van der Waals surface area contributed by atoms with Gasteiger partial charge in [0.2, 0.25) is 0 Å². The summed E-state index contributed by atoms with van der Waals surface area (Å²) in [6.45, 7) is 2.27. The van der Waals surface area contributed by atoms with Crippen LogP contribution in [0, 0.1) is 0 Å². The van der Waals surface area contributed by atoms with Crippen molar-refractivity contribution in [2.45, 2.75) is 110 Å². The molecule has 120 valence electrons. The van der Waals surface area contributed by atoms with E-state index in [-0.39, 0.29) is 0 Å². The third-order valence-corrected chi connectivity index (χ3v) is 4.01. The van der Waals surface area contributed by atoms with Gasteiger partial charge in [-0.25, -0.2) is 0 Å². The minimum absolute atomic E-state index is 0.403. The minimum atomic E-state index is -0.403. The molecule has 0 spiro atoms. The summed E-state index contributed by atoms with van der Waals surface area (Å²) in [4.78, 5) is 10.4. The average Bonchev–Trinajstić information content (AvgIpc) is 2.43. The Morgan fingerprint density at radius 2 is 0.900 bits per heavy atom. The number of carbonyl (C=O) groups excluding carboxylic acids is 1. The average molecular weight is 285 g/mol. The predicted octanol–water partition coefficient (Wildman–Crippen LogP) is 5.50. The molecule has 0 atom stereocenters. The summed E-state index contributed by atoms with van der Waals surface area (Å²) >= 11 is 0. The molecule has 0 heterocycles. The second-order valence-electron chi connectivity index (χ2n) is 6.12. The zero-order valence-corrected chi connectivity index (χ0v) is 13.7. The molecular formula is C18H37O2+. The summed E-state index contributed by atoms with van der Waals surface area (Å²) in [5.74, 6) is -0.403. The van der Waals surface area contributed by atoms with E-state index < -0.39 is 5.97 Å². The molecule has 0 aromatic carbocycles. The zero-order valence-electron chi connectivity index (χ0n) is 13.7. The number of rotatable bonds is 16. The van der Waals surface area contributed by atoms with E-state index in [0.717, 1.165) is 12.8 Å². The molecule has 0 aliphatic rings. The van der Waals surface area contributed by atoms with Crippen LogP contribution < -0.4 is 0 Å². The molecule has 2 nitrogen and oxygen atoms in total. The van der Waals surface area contributed by atoms with Gasteiger partial charge in [0.25, 0.3) is 0 Å². The Hall–Kier alpha value is -0.530. The third kappa shape index (κ3) is 17.5. The Bertz CT molecular complexity index is 202. The molecule has 0 aromatic rings. The Balaban J connectivity index is 2.94. The quantitative estimate of drug-likeness (QED) is 0.273. The van der Waals surface area contributed by atoms with Gasteiger partial charge in [0.15, 0.2) is 0 Å². The van der Waals surface area contributed by atoms with Crippen molar-refractivity contribution in [3.05, 3.63) is 0 Å². The molecular weight excluding hydrogens is 248 g/mol. The smallest absolute Gasteiger partial charge is 0.515 e. The van der Waals surface area contributed by atoms with Crippen LogP contribution in [0.2, 0.25) is 0 Å². The van der Waals surface area contributed by atoms with Crippen molar-refractivity contribution in [1.82, 2.24) is 0 Å². The maximum Gasteiger partial charge on any atom is 0.515 e. The van der Waals surface area contributed by atoms with Crippen molar-refractivity contribution >= 4 is 5.97 Å². The lowest BCUT2D eigenvalue weighted by atomic mass is 10.0. The van der Waals surface area contributed by atoms with Crippen LogP contribution in [0.1, 0.15) is 110 Å². The summed E-state index contributed by atoms with van der Waals surface area (Å²) in [6, 6.07) is 0. The van der Waals surface area contributed by atoms with Gasteiger partial charge in [-0.05, 0) is 6.42 Å². The molecule has 0 unspecified atom stereocenters. The number of unbranched alkanes of at least 4 members (excludes halogenated alkanes) is 14. The number of carbonyl (C=O) groups is 1. The van der Waals surface area contributed by atoms with E-state index in [1.54, 1.807) is 0 Å². The summed E-state index contributed by atoms with van der Waals surface area (Å²) in [7, 11) is 0. The first-order valence-corrected chi connectivity index (χ1v) is 9.01. The van der Waals surface area contributed by atoms with Crippen molar-refractivity contribution < 1.29 is 9.90 Å². The summed E-state index contributed by atoms with van der Waals surface area (Å²) in [5, 5.41) is 6.81. The Morgan fingerprint density at radius 1 is 0.600 bits per heavy atom. The lowest BCUT2D eigenvalue weighted by Crippen LogP contribution is -1.93. The van der Waals surface area contributed by atoms with Crippen molar-refractivity contribution in [1.29, 1.82) is 0 Å². The van der Waals surface area contributed by atoms with E-state index in [1.165, 1.54) is 83.5 Å². The van der Waals surface area contributed by atoms with E-state index in [9.17, 15) is 4.79 Å². The lowest BCUT2D eigenvalue weighted by molar-refractivity contribution is -0.137. The van der Waals surface area contributed by atoms with Crippen LogP contribution in [0.15, 0.2) is 0 Å². The summed E-state index contributed by atoms with van der Waals surface area (Å²) < 4.78 is 0. The van der Waals surface area contributed by atoms with E-state index in [0.29, 0.717) is 6.42 Å². The van der Waals surface area contributed by atoms with E-state index in [2.05, 4.69) is 6.92 Å². The maximum atomic E-state index is 10.4. The van der Waals surface area contributed by atoms with E-state index >= 15 is 0 Å². The first-order chi connectivity index (χ1) is 9.77. The van der Waals surface area contributed by atoms with Gasteiger partial charge in [0, 0.05) is 4.79 Å². The van der Waals surface area contributed by atoms with Gasteiger partial charge in [0.05, 0.1) is 0 Å². The molecule has 0 saturated carbocycles. The van der Waals surface area contributed by atoms with Gasteiger partial charge in [-0.1, -0.05) is 96.8 Å². The van der Waals surface area contributed by atoms with E-state index in [1.807, 2.05) is 0 Å². The molecule has 2 N–H and O–H groups in total. The number of hydrogen-bond acceptors (Lipinski definition) is 1. The second-order valence-corrected chi connectivity index (χ2v) is 6.12. The fourth-order valence-corrected chi connectivity index (χ4v) is 2.66. The van der Waals surface area contributed by atoms with Crippen LogP contribution in [0.25, 0.3) is 0 Å². The molecule has 0 saturated heterocycles. The van der Waals surface area contributed by atoms with Crippen molar-refractivity contribution in [2.24, 2.45) is 0 Å². The normalized spacial score (nSPS) is 10.8. The SMILES string of the molecule is CCCCCCCCCCCCCCCCCC(=O)[OH2+]. The molecule has 0 amide bonds. The Kier molecular flexibility index (Phi) is 16.1. The van der Waals surface area contributed by atoms with Crippen molar-refractivity contribution in [3.8, 4) is 0 Å². The van der Waals surface area contributed by atoms with Gasteiger partial charge < -0.3 is 5.11 Å². The van der Waals surface area contributed by atoms with Crippen LogP contribution in [-0.2, 0) is 4.79 Å². The molecule has 0 aliphatic heterocycles. The monoisotopic (exact) mass is 285 g/mol. The van der Waals surface area contributed by atoms with Crippen LogP contribution in [0.5, 0.6) is 0 Å². The maximum absolute atomic E-state index is 10.4. The molecule has 0 fully saturated rings. The third-order valence-electron chi connectivity index (χ3n) is 4.01. The first-order valence-electron chi connectivity index (χ1n) is 9.01. The highest BCUT2D eigenvalue weighted by Crippen LogP contribution is 2.13. The molecule has 0 bridgehead atoms. The number of hydrogen-bond donors (Lipinski definition) is 0. The summed E-state index contributed by atoms with van der Waals surface area (Å²) in [6.07, 6.45) is 20.5. The van der Waals surface area contributed by atoms with Gasteiger partial charge >= 0.3 is 5.97 Å². The van der Waals surface area contributed by atoms with Crippen LogP contribution in [-0.4, -0.2) is 11.1 Å². The zero-order chi connectivity index (χ0) is 14.9. The molecule has 0 rings (SSSR count). The molecule has 20 heavy (non-hydrogen) atoms. The van der Waals surface area contributed by atoms with Crippen molar-refractivity contribution in [3.63, 3.8) is 0 Å². The molecule has 0 aliphatic carbocycles. The standard InChI is InChI=1S/C18H36O2/c1-2-3-4-5-6-7-8-9-10-11-12-13-14-15-16-17-18(19)20/h2-17H2,1H3,(H,19,20)/p+1. The summed E-state index contributed by atoms with van der Waals surface area (Å²) in [5.41, 5.74) is 0. The predicted molar refractivity (Wildman–Crippen MR) is 88.2 cm³/mol. The highest BCUT2D eigenvalue weighted by molar-refractivity contribution is 5.66. The Labute approximate surface area is 126 Å². The molecule has 0 radical (unpaired) electrons. The van der Waals surface area contributed by atoms with Gasteiger partial charge in [0.1, 0.15) is 6.42 Å². The topological polar surface area (TPSA) is 40.0 Å². The largest absolute Gasteiger partial charge is 0.565 e. The lowest BCUT2D eigenvalue weighted by Gasteiger charge is -2.02. The molecule has 2 heteroatoms. The first kappa shape index (κ1) is 19.5. The van der Waals surface area contributed by atoms with Gasteiger partial charge in [-0.2, -0.15) is 0 Å². The highest BCUT2D eigenvalue weighted by atomic mass is 16.4. The van der Waals surface area contributed by atoms with Gasteiger partial charge in [-0.15, -0.1) is 0 Å². The fraction of sp³-hybridized carbons (Fsp3) is 0.944. The minimum Gasteiger partial charge on any atom is -0.565 e. The molecule has 0 aromatic heterocycles. The van der Waals surface area contributed by atoms with Crippen LogP contribution in [0.3, 0.4) is 0 Å². The highest BCUT2D eigenvalue weighted by Gasteiger charge is 2.03. The Morgan fingerprint density at radius 3 is 1.20 bits per heavy atom. The van der Waals surface area contributed by atoms with E-state index in [4.69, 9.17) is 5.11 Å². The van der Waals surface area contributed by atoms with Crippen LogP contribution in [0.4, 0.5) is 0 Å². The van der Waals surface area contributed by atoms with Crippen LogP contribution >= 0.6 is 0 Å². The second kappa shape index (κ2) is 16.5. The van der Waals surface area contributed by atoms with Crippen molar-refractivity contribution in [2.75, 3.05) is 0 Å². The fourth-order valence-electron chi connectivity index (χ4n) is 2.66.